The van der Waals surface area contributed by atoms with Crippen LogP contribution in [-0.2, 0) is 25.6 Å². The van der Waals surface area contributed by atoms with Crippen LogP contribution < -0.4 is 21.7 Å². The van der Waals surface area contributed by atoms with Crippen LogP contribution in [0.5, 0.6) is 0 Å². The van der Waals surface area contributed by atoms with Crippen molar-refractivity contribution >= 4 is 34.6 Å². The molecule has 0 saturated heterocycles. The zero-order chi connectivity index (χ0) is 27.7. The zero-order valence-corrected chi connectivity index (χ0v) is 21.8. The van der Waals surface area contributed by atoms with Gasteiger partial charge in [0.25, 0.3) is 0 Å². The maximum atomic E-state index is 13.2. The number of aliphatic hydroxyl groups excluding tert-OH is 1. The topological polar surface area (TPSA) is 187 Å². The van der Waals surface area contributed by atoms with Gasteiger partial charge in [0.1, 0.15) is 24.2 Å². The number of nitrogens with one attached hydrogen (secondary N) is 4. The Morgan fingerprint density at radius 2 is 1.38 bits per heavy atom. The summed E-state index contributed by atoms with van der Waals surface area (Å²) in [6.45, 7) is 6.92. The van der Waals surface area contributed by atoms with Crippen LogP contribution in [0.3, 0.4) is 0 Å². The number of fused-ring (bicyclic) bond motifs is 1. The summed E-state index contributed by atoms with van der Waals surface area (Å²) < 4.78 is 0. The molecule has 1 aromatic heterocycles. The molecule has 11 heteroatoms. The SMILES string of the molecule is CC(C)CC(NC(=O)C(N)CO)C(=O)NC(CC(C)C)C(=O)NC(Cc1c[nH]c2ccccc12)C(=O)O. The monoisotopic (exact) mass is 517 g/mol. The van der Waals surface area contributed by atoms with E-state index in [0.29, 0.717) is 0 Å². The van der Waals surface area contributed by atoms with Crippen molar-refractivity contribution in [3.05, 3.63) is 36.0 Å². The van der Waals surface area contributed by atoms with Gasteiger partial charge in [-0.2, -0.15) is 0 Å². The molecule has 4 atom stereocenters. The summed E-state index contributed by atoms with van der Waals surface area (Å²) in [5.74, 6) is -3.05. The Bertz CT molecular complexity index is 1080. The fourth-order valence-corrected chi connectivity index (χ4v) is 4.03. The second kappa shape index (κ2) is 13.8. The third-order valence-electron chi connectivity index (χ3n) is 5.93. The molecule has 4 unspecified atom stereocenters. The van der Waals surface area contributed by atoms with Gasteiger partial charge in [-0.05, 0) is 36.3 Å². The van der Waals surface area contributed by atoms with Gasteiger partial charge in [-0.3, -0.25) is 14.4 Å². The zero-order valence-electron chi connectivity index (χ0n) is 21.8. The quantitative estimate of drug-likeness (QED) is 0.192. The molecule has 0 aliphatic heterocycles. The van der Waals surface area contributed by atoms with Crippen LogP contribution >= 0.6 is 0 Å². The third kappa shape index (κ3) is 8.87. The highest BCUT2D eigenvalue weighted by molar-refractivity contribution is 5.94. The highest BCUT2D eigenvalue weighted by Crippen LogP contribution is 2.19. The average molecular weight is 518 g/mol. The first-order valence-electron chi connectivity index (χ1n) is 12.5. The van der Waals surface area contributed by atoms with E-state index in [1.54, 1.807) is 6.20 Å². The first-order chi connectivity index (χ1) is 17.4. The van der Waals surface area contributed by atoms with E-state index in [9.17, 15) is 24.3 Å². The maximum absolute atomic E-state index is 13.2. The van der Waals surface area contributed by atoms with Crippen LogP contribution in [0.1, 0.15) is 46.1 Å². The van der Waals surface area contributed by atoms with E-state index >= 15 is 0 Å². The molecular formula is C26H39N5O6. The van der Waals surface area contributed by atoms with Gasteiger partial charge in [0.15, 0.2) is 0 Å². The third-order valence-corrected chi connectivity index (χ3v) is 5.93. The fourth-order valence-electron chi connectivity index (χ4n) is 4.03. The van der Waals surface area contributed by atoms with Crippen molar-refractivity contribution < 1.29 is 29.4 Å². The van der Waals surface area contributed by atoms with Gasteiger partial charge in [0, 0.05) is 23.5 Å². The Balaban J connectivity index is 2.18. The molecule has 11 nitrogen and oxygen atoms in total. The standard InChI is InChI=1S/C26H39N5O6/c1-14(2)9-20(29-23(33)18(27)13-32)24(34)30-21(10-15(3)4)25(35)31-22(26(36)37)11-16-12-28-19-8-6-5-7-17(16)19/h5-8,12,14-15,18,20-22,28,32H,9-11,13,27H2,1-4H3,(H,29,33)(H,30,34)(H,31,35)(H,36,37). The molecule has 0 radical (unpaired) electrons. The number of benzene rings is 1. The molecule has 0 spiro atoms. The van der Waals surface area contributed by atoms with Crippen molar-refractivity contribution in [2.45, 2.75) is 71.1 Å². The summed E-state index contributed by atoms with van der Waals surface area (Å²) >= 11 is 0. The lowest BCUT2D eigenvalue weighted by Crippen LogP contribution is -2.58. The number of hydrogen-bond donors (Lipinski definition) is 7. The molecule has 0 fully saturated rings. The molecule has 1 heterocycles. The highest BCUT2D eigenvalue weighted by atomic mass is 16.4. The van der Waals surface area contributed by atoms with Gasteiger partial charge >= 0.3 is 5.97 Å². The molecule has 37 heavy (non-hydrogen) atoms. The van der Waals surface area contributed by atoms with E-state index in [4.69, 9.17) is 10.8 Å². The molecule has 0 aliphatic rings. The van der Waals surface area contributed by atoms with Gasteiger partial charge < -0.3 is 36.9 Å². The number of aliphatic carboxylic acids is 1. The number of aromatic nitrogens is 1. The summed E-state index contributed by atoms with van der Waals surface area (Å²) in [5.41, 5.74) is 7.17. The van der Waals surface area contributed by atoms with Crippen molar-refractivity contribution in [2.24, 2.45) is 17.6 Å². The molecule has 0 saturated carbocycles. The van der Waals surface area contributed by atoms with Crippen LogP contribution in [0.4, 0.5) is 0 Å². The van der Waals surface area contributed by atoms with E-state index in [2.05, 4.69) is 20.9 Å². The first kappa shape index (κ1) is 29.8. The van der Waals surface area contributed by atoms with Gasteiger partial charge in [0.2, 0.25) is 17.7 Å². The van der Waals surface area contributed by atoms with Crippen LogP contribution in [0.15, 0.2) is 30.5 Å². The molecule has 0 bridgehead atoms. The predicted molar refractivity (Wildman–Crippen MR) is 139 cm³/mol. The Morgan fingerprint density at radius 1 is 0.865 bits per heavy atom. The molecule has 1 aromatic carbocycles. The van der Waals surface area contributed by atoms with Gasteiger partial charge in [-0.1, -0.05) is 45.9 Å². The van der Waals surface area contributed by atoms with E-state index in [1.165, 1.54) is 0 Å². The number of amides is 3. The highest BCUT2D eigenvalue weighted by Gasteiger charge is 2.31. The second-order valence-corrected chi connectivity index (χ2v) is 10.1. The van der Waals surface area contributed by atoms with Gasteiger partial charge in [-0.25, -0.2) is 4.79 Å². The molecule has 8 N–H and O–H groups in total. The van der Waals surface area contributed by atoms with Gasteiger partial charge in [0.05, 0.1) is 6.61 Å². The number of H-pyrrole nitrogens is 1. The number of carbonyl (C=O) groups is 4. The number of para-hydroxylation sites is 1. The Kier molecular flexibility index (Phi) is 11.1. The lowest BCUT2D eigenvalue weighted by atomic mass is 9.99. The minimum Gasteiger partial charge on any atom is -0.480 e. The lowest BCUT2D eigenvalue weighted by molar-refractivity contribution is -0.142. The van der Waals surface area contributed by atoms with Crippen molar-refractivity contribution in [2.75, 3.05) is 6.61 Å². The lowest BCUT2D eigenvalue weighted by Gasteiger charge is -2.26. The van der Waals surface area contributed by atoms with E-state index in [1.807, 2.05) is 52.0 Å². The second-order valence-electron chi connectivity index (χ2n) is 10.1. The molecule has 0 aliphatic carbocycles. The summed E-state index contributed by atoms with van der Waals surface area (Å²) in [5, 5.41) is 27.6. The van der Waals surface area contributed by atoms with Crippen LogP contribution in [0.25, 0.3) is 10.9 Å². The summed E-state index contributed by atoms with van der Waals surface area (Å²) in [6.07, 6.45) is 2.31. The maximum Gasteiger partial charge on any atom is 0.326 e. The number of carbonyl (C=O) groups excluding carboxylic acids is 3. The summed E-state index contributed by atoms with van der Waals surface area (Å²) in [7, 11) is 0. The minimum absolute atomic E-state index is 0.00824. The largest absolute Gasteiger partial charge is 0.480 e. The molecular weight excluding hydrogens is 478 g/mol. The number of aliphatic hydroxyl groups is 1. The smallest absolute Gasteiger partial charge is 0.326 e. The summed E-state index contributed by atoms with van der Waals surface area (Å²) in [6, 6.07) is 3.07. The molecule has 204 valence electrons. The Labute approximate surface area is 216 Å². The normalized spacial score (nSPS) is 14.7. The first-order valence-corrected chi connectivity index (χ1v) is 12.5. The number of aromatic amines is 1. The van der Waals surface area contributed by atoms with E-state index in [-0.39, 0.29) is 31.1 Å². The van der Waals surface area contributed by atoms with E-state index < -0.39 is 54.5 Å². The van der Waals surface area contributed by atoms with Crippen molar-refractivity contribution in [3.63, 3.8) is 0 Å². The number of carboxylic acids is 1. The average Bonchev–Trinajstić information content (AvgIpc) is 3.24. The van der Waals surface area contributed by atoms with Crippen molar-refractivity contribution in [3.8, 4) is 0 Å². The molecule has 3 amide bonds. The van der Waals surface area contributed by atoms with E-state index in [0.717, 1.165) is 16.5 Å². The number of carboxylic acid groups (broad SMARTS) is 1. The number of hydrogen-bond acceptors (Lipinski definition) is 6. The van der Waals surface area contributed by atoms with Crippen LogP contribution in [-0.4, -0.2) is 69.7 Å². The number of rotatable bonds is 14. The molecule has 2 aromatic rings. The van der Waals surface area contributed by atoms with Crippen LogP contribution in [0, 0.1) is 11.8 Å². The van der Waals surface area contributed by atoms with Crippen molar-refractivity contribution in [1.29, 1.82) is 0 Å². The minimum atomic E-state index is -1.22. The number of nitrogens with two attached hydrogens (primary N) is 1. The van der Waals surface area contributed by atoms with Crippen molar-refractivity contribution in [1.82, 2.24) is 20.9 Å². The van der Waals surface area contributed by atoms with Crippen LogP contribution in [0.2, 0.25) is 0 Å². The molecule has 2 rings (SSSR count). The fraction of sp³-hybridized carbons (Fsp3) is 0.538. The predicted octanol–water partition coefficient (Wildman–Crippen LogP) is 0.661. The summed E-state index contributed by atoms with van der Waals surface area (Å²) in [4.78, 5) is 53.6. The Morgan fingerprint density at radius 3 is 1.89 bits per heavy atom. The Hall–Kier alpha value is -3.44. The van der Waals surface area contributed by atoms with Gasteiger partial charge in [-0.15, -0.1) is 0 Å².